The molecule has 1 saturated heterocycles. The predicted octanol–water partition coefficient (Wildman–Crippen LogP) is 2.96. The third-order valence-electron chi connectivity index (χ3n) is 4.47. The minimum absolute atomic E-state index is 0.268. The van der Waals surface area contributed by atoms with Gasteiger partial charge in [0.15, 0.2) is 5.79 Å². The summed E-state index contributed by atoms with van der Waals surface area (Å²) in [6.07, 6.45) is 8.21. The van der Waals surface area contributed by atoms with Gasteiger partial charge >= 0.3 is 0 Å². The summed E-state index contributed by atoms with van der Waals surface area (Å²) in [5, 5.41) is 0. The Hall–Kier alpha value is -1.39. The van der Waals surface area contributed by atoms with Crippen molar-refractivity contribution in [2.45, 2.75) is 37.4 Å². The van der Waals surface area contributed by atoms with Crippen LogP contribution in [0, 0.1) is 0 Å². The van der Waals surface area contributed by atoms with Gasteiger partial charge in [0.1, 0.15) is 0 Å². The summed E-state index contributed by atoms with van der Waals surface area (Å²) < 4.78 is 11.6. The van der Waals surface area contributed by atoms with E-state index in [0.717, 1.165) is 49.9 Å². The molecule has 2 aliphatic rings. The molecule has 0 atom stereocenters. The molecule has 1 spiro atoms. The van der Waals surface area contributed by atoms with E-state index in [-0.39, 0.29) is 5.79 Å². The number of pyridine rings is 1. The lowest BCUT2D eigenvalue weighted by molar-refractivity contribution is -0.178. The number of rotatable bonds is 1. The molecule has 1 saturated carbocycles. The fourth-order valence-electron chi connectivity index (χ4n) is 3.44. The van der Waals surface area contributed by atoms with Gasteiger partial charge in [0, 0.05) is 25.2 Å². The lowest BCUT2D eigenvalue weighted by Gasteiger charge is -2.35. The molecule has 1 aliphatic heterocycles. The SMILES string of the molecule is c1cnc2c(C3CCC4(CC3)OCCO4)c[nH]c2c1. The van der Waals surface area contributed by atoms with Gasteiger partial charge in [0.25, 0.3) is 0 Å². The number of aromatic nitrogens is 2. The minimum Gasteiger partial charge on any atom is -0.360 e. The largest absolute Gasteiger partial charge is 0.360 e. The molecule has 4 heteroatoms. The van der Waals surface area contributed by atoms with Gasteiger partial charge < -0.3 is 14.5 Å². The normalized spacial score (nSPS) is 23.4. The van der Waals surface area contributed by atoms with Crippen LogP contribution in [0.1, 0.15) is 37.2 Å². The standard InChI is InChI=1S/C15H18N2O2/c1-2-13-14(16-7-1)12(10-17-13)11-3-5-15(6-4-11)18-8-9-19-15/h1-2,7,10-11,17H,3-6,8-9H2. The minimum atomic E-state index is -0.268. The molecule has 4 nitrogen and oxygen atoms in total. The molecular weight excluding hydrogens is 240 g/mol. The Labute approximate surface area is 112 Å². The Balaban J connectivity index is 1.58. The van der Waals surface area contributed by atoms with Crippen molar-refractivity contribution in [2.75, 3.05) is 13.2 Å². The van der Waals surface area contributed by atoms with E-state index in [1.165, 1.54) is 5.56 Å². The Morgan fingerprint density at radius 1 is 1.21 bits per heavy atom. The van der Waals surface area contributed by atoms with Gasteiger partial charge in [-0.05, 0) is 36.5 Å². The van der Waals surface area contributed by atoms with Crippen LogP contribution in [0.5, 0.6) is 0 Å². The number of aromatic amines is 1. The van der Waals surface area contributed by atoms with E-state index in [4.69, 9.17) is 9.47 Å². The third kappa shape index (κ3) is 1.86. The van der Waals surface area contributed by atoms with E-state index in [2.05, 4.69) is 22.2 Å². The van der Waals surface area contributed by atoms with Crippen LogP contribution < -0.4 is 0 Å². The lowest BCUT2D eigenvalue weighted by Crippen LogP contribution is -2.34. The highest BCUT2D eigenvalue weighted by Gasteiger charge is 2.40. The van der Waals surface area contributed by atoms with Crippen molar-refractivity contribution in [1.82, 2.24) is 9.97 Å². The van der Waals surface area contributed by atoms with Gasteiger partial charge in [0.2, 0.25) is 0 Å². The van der Waals surface area contributed by atoms with Gasteiger partial charge in [0.05, 0.1) is 24.2 Å². The maximum Gasteiger partial charge on any atom is 0.168 e. The summed E-state index contributed by atoms with van der Waals surface area (Å²) >= 11 is 0. The number of hydrogen-bond donors (Lipinski definition) is 1. The van der Waals surface area contributed by atoms with Gasteiger partial charge in [-0.2, -0.15) is 0 Å². The second-order valence-corrected chi connectivity index (χ2v) is 5.53. The van der Waals surface area contributed by atoms with Crippen LogP contribution in [0.25, 0.3) is 11.0 Å². The molecule has 19 heavy (non-hydrogen) atoms. The van der Waals surface area contributed by atoms with Crippen LogP contribution in [0.15, 0.2) is 24.5 Å². The summed E-state index contributed by atoms with van der Waals surface area (Å²) in [6.45, 7) is 1.50. The topological polar surface area (TPSA) is 47.1 Å². The number of ether oxygens (including phenoxy) is 2. The van der Waals surface area contributed by atoms with E-state index in [1.54, 1.807) is 0 Å². The zero-order chi connectivity index (χ0) is 12.7. The molecule has 100 valence electrons. The molecule has 2 aromatic rings. The predicted molar refractivity (Wildman–Crippen MR) is 71.9 cm³/mol. The molecule has 1 N–H and O–H groups in total. The fraction of sp³-hybridized carbons (Fsp3) is 0.533. The van der Waals surface area contributed by atoms with Crippen LogP contribution in [0.3, 0.4) is 0 Å². The highest BCUT2D eigenvalue weighted by Crippen LogP contribution is 2.43. The Morgan fingerprint density at radius 2 is 2.00 bits per heavy atom. The number of nitrogens with zero attached hydrogens (tertiary/aromatic N) is 1. The molecule has 0 aromatic carbocycles. The highest BCUT2D eigenvalue weighted by molar-refractivity contribution is 5.79. The highest BCUT2D eigenvalue weighted by atomic mass is 16.7. The molecule has 0 unspecified atom stereocenters. The van der Waals surface area contributed by atoms with Crippen molar-refractivity contribution >= 4 is 11.0 Å². The average Bonchev–Trinajstić information content (AvgIpc) is 3.08. The van der Waals surface area contributed by atoms with Gasteiger partial charge in [-0.15, -0.1) is 0 Å². The second-order valence-electron chi connectivity index (χ2n) is 5.53. The zero-order valence-electron chi connectivity index (χ0n) is 10.9. The molecule has 0 bridgehead atoms. The van der Waals surface area contributed by atoms with Gasteiger partial charge in [-0.3, -0.25) is 4.98 Å². The quantitative estimate of drug-likeness (QED) is 0.855. The van der Waals surface area contributed by atoms with Crippen molar-refractivity contribution in [3.8, 4) is 0 Å². The Bertz CT molecular complexity index is 577. The van der Waals surface area contributed by atoms with Crippen LogP contribution in [0.2, 0.25) is 0 Å². The first kappa shape index (κ1) is 11.4. The van der Waals surface area contributed by atoms with E-state index in [9.17, 15) is 0 Å². The molecule has 0 radical (unpaired) electrons. The van der Waals surface area contributed by atoms with Crippen LogP contribution in [0.4, 0.5) is 0 Å². The van der Waals surface area contributed by atoms with Crippen molar-refractivity contribution in [3.05, 3.63) is 30.1 Å². The summed E-state index contributed by atoms with van der Waals surface area (Å²) in [4.78, 5) is 7.83. The van der Waals surface area contributed by atoms with E-state index in [0.29, 0.717) is 5.92 Å². The van der Waals surface area contributed by atoms with Gasteiger partial charge in [-0.1, -0.05) is 0 Å². The first-order valence-corrected chi connectivity index (χ1v) is 7.06. The summed E-state index contributed by atoms with van der Waals surface area (Å²) in [5.74, 6) is 0.304. The Morgan fingerprint density at radius 3 is 2.79 bits per heavy atom. The molecule has 2 fully saturated rings. The number of fused-ring (bicyclic) bond motifs is 1. The molecule has 0 amide bonds. The van der Waals surface area contributed by atoms with Gasteiger partial charge in [-0.25, -0.2) is 0 Å². The molecule has 1 aliphatic carbocycles. The van der Waals surface area contributed by atoms with Crippen molar-refractivity contribution in [1.29, 1.82) is 0 Å². The number of nitrogens with one attached hydrogen (secondary N) is 1. The molecule has 4 rings (SSSR count). The third-order valence-corrected chi connectivity index (χ3v) is 4.47. The smallest absolute Gasteiger partial charge is 0.168 e. The first-order chi connectivity index (χ1) is 9.36. The first-order valence-electron chi connectivity index (χ1n) is 7.06. The van der Waals surface area contributed by atoms with Crippen LogP contribution >= 0.6 is 0 Å². The van der Waals surface area contributed by atoms with Crippen molar-refractivity contribution < 1.29 is 9.47 Å². The summed E-state index contributed by atoms with van der Waals surface area (Å²) in [7, 11) is 0. The number of hydrogen-bond acceptors (Lipinski definition) is 3. The molecule has 2 aromatic heterocycles. The molecule has 3 heterocycles. The molecular formula is C15H18N2O2. The van der Waals surface area contributed by atoms with Crippen LogP contribution in [-0.4, -0.2) is 29.0 Å². The zero-order valence-corrected chi connectivity index (χ0v) is 10.9. The summed E-state index contributed by atoms with van der Waals surface area (Å²) in [6, 6.07) is 4.05. The van der Waals surface area contributed by atoms with E-state index >= 15 is 0 Å². The monoisotopic (exact) mass is 258 g/mol. The van der Waals surface area contributed by atoms with E-state index in [1.807, 2.05) is 12.3 Å². The maximum atomic E-state index is 5.79. The maximum absolute atomic E-state index is 5.79. The van der Waals surface area contributed by atoms with Crippen molar-refractivity contribution in [2.24, 2.45) is 0 Å². The van der Waals surface area contributed by atoms with E-state index < -0.39 is 0 Å². The number of H-pyrrole nitrogens is 1. The second kappa shape index (κ2) is 4.32. The van der Waals surface area contributed by atoms with Crippen LogP contribution in [-0.2, 0) is 9.47 Å². The van der Waals surface area contributed by atoms with Crippen molar-refractivity contribution in [3.63, 3.8) is 0 Å². The fourth-order valence-corrected chi connectivity index (χ4v) is 3.44. The Kier molecular flexibility index (Phi) is 2.60. The average molecular weight is 258 g/mol. The lowest BCUT2D eigenvalue weighted by atomic mass is 9.81. The summed E-state index contributed by atoms with van der Waals surface area (Å²) in [5.41, 5.74) is 3.60.